The average Bonchev–Trinajstić information content (AvgIpc) is 2.29. The largest absolute Gasteiger partial charge is 0.465 e. The van der Waals surface area contributed by atoms with Crippen LogP contribution in [-0.2, 0) is 0 Å². The number of anilines is 1. The quantitative estimate of drug-likeness (QED) is 0.793. The van der Waals surface area contributed by atoms with Crippen LogP contribution in [0.25, 0.3) is 0 Å². The zero-order valence-electron chi connectivity index (χ0n) is 9.27. The predicted molar refractivity (Wildman–Crippen MR) is 65.6 cm³/mol. The van der Waals surface area contributed by atoms with Crippen LogP contribution in [0.3, 0.4) is 0 Å². The molecule has 0 spiro atoms. The lowest BCUT2D eigenvalue weighted by Crippen LogP contribution is -2.44. The third kappa shape index (κ3) is 3.23. The fourth-order valence-corrected chi connectivity index (χ4v) is 2.16. The second-order valence-corrected chi connectivity index (χ2v) is 4.42. The van der Waals surface area contributed by atoms with Crippen molar-refractivity contribution in [2.24, 2.45) is 0 Å². The van der Waals surface area contributed by atoms with Gasteiger partial charge in [-0.2, -0.15) is 0 Å². The summed E-state index contributed by atoms with van der Waals surface area (Å²) in [6, 6.07) is 5.57. The number of nitrogens with one attached hydrogen (secondary N) is 1. The molecule has 0 unspecified atom stereocenters. The highest BCUT2D eigenvalue weighted by Crippen LogP contribution is 2.19. The Morgan fingerprint density at radius 2 is 2.18 bits per heavy atom. The lowest BCUT2D eigenvalue weighted by molar-refractivity contribution is 0.187. The van der Waals surface area contributed by atoms with Gasteiger partial charge in [0.25, 0.3) is 0 Å². The van der Waals surface area contributed by atoms with Crippen LogP contribution in [0.2, 0.25) is 5.15 Å². The fraction of sp³-hybridized carbons (Fsp3) is 0.455. The second-order valence-electron chi connectivity index (χ2n) is 4.03. The minimum Gasteiger partial charge on any atom is -0.465 e. The lowest BCUT2D eigenvalue weighted by atomic mass is 10.1. The van der Waals surface area contributed by atoms with Gasteiger partial charge in [0, 0.05) is 19.1 Å². The van der Waals surface area contributed by atoms with Crippen molar-refractivity contribution >= 4 is 23.5 Å². The summed E-state index contributed by atoms with van der Waals surface area (Å²) >= 11 is 5.83. The van der Waals surface area contributed by atoms with Crippen LogP contribution >= 0.6 is 11.6 Å². The molecule has 1 aliphatic heterocycles. The van der Waals surface area contributed by atoms with Gasteiger partial charge in [-0.15, -0.1) is 0 Å². The van der Waals surface area contributed by atoms with Gasteiger partial charge in [-0.1, -0.05) is 17.7 Å². The molecular weight excluding hydrogens is 242 g/mol. The third-order valence-corrected chi connectivity index (χ3v) is 3.06. The number of piperidine rings is 1. The van der Waals surface area contributed by atoms with Gasteiger partial charge in [-0.3, -0.25) is 0 Å². The average molecular weight is 256 g/mol. The van der Waals surface area contributed by atoms with Crippen molar-refractivity contribution in [2.75, 3.05) is 18.0 Å². The van der Waals surface area contributed by atoms with Gasteiger partial charge in [-0.05, 0) is 25.0 Å². The van der Waals surface area contributed by atoms with Crippen LogP contribution in [0.4, 0.5) is 10.6 Å². The zero-order valence-corrected chi connectivity index (χ0v) is 10.0. The first-order chi connectivity index (χ1) is 8.15. The maximum Gasteiger partial charge on any atom is 0.404 e. The van der Waals surface area contributed by atoms with Gasteiger partial charge in [-0.25, -0.2) is 9.78 Å². The van der Waals surface area contributed by atoms with Gasteiger partial charge in [0.05, 0.1) is 0 Å². The number of carboxylic acid groups (broad SMARTS) is 1. The van der Waals surface area contributed by atoms with E-state index >= 15 is 0 Å². The minimum absolute atomic E-state index is 0.0444. The summed E-state index contributed by atoms with van der Waals surface area (Å²) < 4.78 is 0. The van der Waals surface area contributed by atoms with Gasteiger partial charge < -0.3 is 15.3 Å². The van der Waals surface area contributed by atoms with Crippen molar-refractivity contribution in [3.05, 3.63) is 23.4 Å². The molecule has 17 heavy (non-hydrogen) atoms. The SMILES string of the molecule is O=C(O)NC1CCN(c2cccc(Cl)n2)CC1. The molecule has 1 amide bonds. The number of hydrogen-bond acceptors (Lipinski definition) is 3. The number of nitrogens with zero attached hydrogens (tertiary/aromatic N) is 2. The Balaban J connectivity index is 1.93. The molecule has 2 heterocycles. The summed E-state index contributed by atoms with van der Waals surface area (Å²) in [5.41, 5.74) is 0. The van der Waals surface area contributed by atoms with Crippen molar-refractivity contribution in [1.29, 1.82) is 0 Å². The van der Waals surface area contributed by atoms with E-state index in [1.807, 2.05) is 12.1 Å². The molecule has 2 rings (SSSR count). The number of halogens is 1. The summed E-state index contributed by atoms with van der Waals surface area (Å²) in [6.45, 7) is 1.58. The Bertz CT molecular complexity index is 405. The van der Waals surface area contributed by atoms with Crippen molar-refractivity contribution < 1.29 is 9.90 Å². The van der Waals surface area contributed by atoms with Gasteiger partial charge >= 0.3 is 6.09 Å². The lowest BCUT2D eigenvalue weighted by Gasteiger charge is -2.32. The van der Waals surface area contributed by atoms with Crippen molar-refractivity contribution in [2.45, 2.75) is 18.9 Å². The van der Waals surface area contributed by atoms with E-state index in [1.165, 1.54) is 0 Å². The molecule has 1 aromatic rings. The predicted octanol–water partition coefficient (Wildman–Crippen LogP) is 1.97. The fourth-order valence-electron chi connectivity index (χ4n) is 2.00. The molecule has 6 heteroatoms. The molecule has 0 saturated carbocycles. The molecule has 0 bridgehead atoms. The molecule has 1 aliphatic rings. The van der Waals surface area contributed by atoms with Crippen LogP contribution in [0.1, 0.15) is 12.8 Å². The Labute approximate surface area is 104 Å². The Morgan fingerprint density at radius 3 is 2.76 bits per heavy atom. The monoisotopic (exact) mass is 255 g/mol. The number of carbonyl (C=O) groups is 1. The molecule has 0 aliphatic carbocycles. The molecule has 0 aromatic carbocycles. The molecule has 92 valence electrons. The highest BCUT2D eigenvalue weighted by atomic mass is 35.5. The molecular formula is C11H14ClN3O2. The highest BCUT2D eigenvalue weighted by Gasteiger charge is 2.21. The van der Waals surface area contributed by atoms with Gasteiger partial charge in [0.15, 0.2) is 0 Å². The van der Waals surface area contributed by atoms with Crippen LogP contribution in [0.15, 0.2) is 18.2 Å². The number of aromatic nitrogens is 1. The van der Waals surface area contributed by atoms with E-state index in [1.54, 1.807) is 6.07 Å². The first-order valence-corrected chi connectivity index (χ1v) is 5.90. The number of pyridine rings is 1. The first-order valence-electron chi connectivity index (χ1n) is 5.52. The zero-order chi connectivity index (χ0) is 12.3. The smallest absolute Gasteiger partial charge is 0.404 e. The maximum absolute atomic E-state index is 10.5. The van der Waals surface area contributed by atoms with Gasteiger partial charge in [0.2, 0.25) is 0 Å². The van der Waals surface area contributed by atoms with Gasteiger partial charge in [0.1, 0.15) is 11.0 Å². The Kier molecular flexibility index (Phi) is 3.68. The normalized spacial score (nSPS) is 16.9. The third-order valence-electron chi connectivity index (χ3n) is 2.85. The Morgan fingerprint density at radius 1 is 1.47 bits per heavy atom. The van der Waals surface area contributed by atoms with Crippen molar-refractivity contribution in [3.8, 4) is 0 Å². The maximum atomic E-state index is 10.5. The highest BCUT2D eigenvalue weighted by molar-refractivity contribution is 6.29. The van der Waals surface area contributed by atoms with Crippen LogP contribution < -0.4 is 10.2 Å². The van der Waals surface area contributed by atoms with E-state index in [2.05, 4.69) is 15.2 Å². The molecule has 1 aromatic heterocycles. The van der Waals surface area contributed by atoms with Crippen LogP contribution in [0, 0.1) is 0 Å². The summed E-state index contributed by atoms with van der Waals surface area (Å²) in [6.07, 6.45) is 0.630. The molecule has 5 nitrogen and oxygen atoms in total. The summed E-state index contributed by atoms with van der Waals surface area (Å²) in [7, 11) is 0. The number of hydrogen-bond donors (Lipinski definition) is 2. The second kappa shape index (κ2) is 5.23. The molecule has 0 radical (unpaired) electrons. The summed E-state index contributed by atoms with van der Waals surface area (Å²) in [4.78, 5) is 16.9. The van der Waals surface area contributed by atoms with E-state index in [0.717, 1.165) is 31.7 Å². The summed E-state index contributed by atoms with van der Waals surface area (Å²) in [5.74, 6) is 0.853. The molecule has 1 saturated heterocycles. The van der Waals surface area contributed by atoms with Crippen molar-refractivity contribution in [1.82, 2.24) is 10.3 Å². The standard InChI is InChI=1S/C11H14ClN3O2/c12-9-2-1-3-10(14-9)15-6-4-8(5-7-15)13-11(16)17/h1-3,8,13H,4-7H2,(H,16,17). The summed E-state index contributed by atoms with van der Waals surface area (Å²) in [5, 5.41) is 11.6. The first kappa shape index (κ1) is 12.0. The number of amides is 1. The van der Waals surface area contributed by atoms with Crippen LogP contribution in [-0.4, -0.2) is 35.3 Å². The molecule has 2 N–H and O–H groups in total. The van der Waals surface area contributed by atoms with Crippen molar-refractivity contribution in [3.63, 3.8) is 0 Å². The molecule has 0 atom stereocenters. The van der Waals surface area contributed by atoms with Crippen LogP contribution in [0.5, 0.6) is 0 Å². The van der Waals surface area contributed by atoms with E-state index in [9.17, 15) is 4.79 Å². The Hall–Kier alpha value is -1.49. The topological polar surface area (TPSA) is 65.5 Å². The minimum atomic E-state index is -0.954. The number of rotatable bonds is 2. The van der Waals surface area contributed by atoms with E-state index in [0.29, 0.717) is 5.15 Å². The van der Waals surface area contributed by atoms with E-state index < -0.39 is 6.09 Å². The van der Waals surface area contributed by atoms with E-state index in [-0.39, 0.29) is 6.04 Å². The molecule has 1 fully saturated rings. The van der Waals surface area contributed by atoms with E-state index in [4.69, 9.17) is 16.7 Å².